The van der Waals surface area contributed by atoms with Crippen LogP contribution >= 0.6 is 0 Å². The normalized spacial score (nSPS) is 13.6. The monoisotopic (exact) mass is 236 g/mol. The van der Waals surface area contributed by atoms with Gasteiger partial charge in [-0.25, -0.2) is 4.79 Å². The van der Waals surface area contributed by atoms with Gasteiger partial charge in [-0.3, -0.25) is 20.2 Å². The summed E-state index contributed by atoms with van der Waals surface area (Å²) in [5.41, 5.74) is 0. The van der Waals surface area contributed by atoms with Crippen LogP contribution < -0.4 is 0 Å². The molecule has 0 heterocycles. The fraction of sp³-hybridized carbons (Fsp3) is 0.857. The average Bonchev–Trinajstić information content (AvgIpc) is 2.21. The number of nitro groups is 2. The van der Waals surface area contributed by atoms with Gasteiger partial charge >= 0.3 is 18.6 Å². The fourth-order valence-corrected chi connectivity index (χ4v) is 0.801. The van der Waals surface area contributed by atoms with Gasteiger partial charge in [0.05, 0.1) is 22.7 Å². The fourth-order valence-electron chi connectivity index (χ4n) is 0.801. The van der Waals surface area contributed by atoms with Crippen molar-refractivity contribution in [2.24, 2.45) is 0 Å². The largest absolute Gasteiger partial charge is 0.518 e. The van der Waals surface area contributed by atoms with Crippen LogP contribution in [0.3, 0.4) is 0 Å². The molecular formula is C7H12N2O7. The van der Waals surface area contributed by atoms with E-state index in [1.807, 2.05) is 0 Å². The van der Waals surface area contributed by atoms with Crippen LogP contribution in [-0.4, -0.2) is 28.5 Å². The van der Waals surface area contributed by atoms with E-state index in [0.717, 1.165) is 0 Å². The van der Waals surface area contributed by atoms with Gasteiger partial charge < -0.3 is 9.47 Å². The first-order chi connectivity index (χ1) is 7.42. The first-order valence-corrected chi connectivity index (χ1v) is 4.56. The second kappa shape index (κ2) is 6.53. The summed E-state index contributed by atoms with van der Waals surface area (Å²) in [6, 6.07) is 0. The Balaban J connectivity index is 4.25. The van der Waals surface area contributed by atoms with Gasteiger partial charge in [0, 0.05) is 0 Å². The van der Waals surface area contributed by atoms with E-state index in [1.54, 1.807) is 0 Å². The van der Waals surface area contributed by atoms with Crippen LogP contribution in [0.1, 0.15) is 26.7 Å². The summed E-state index contributed by atoms with van der Waals surface area (Å²) in [4.78, 5) is 29.9. The highest BCUT2D eigenvalue weighted by Crippen LogP contribution is 2.05. The summed E-state index contributed by atoms with van der Waals surface area (Å²) in [6.07, 6.45) is -4.59. The Labute approximate surface area is 90.6 Å². The number of carbonyl (C=O) groups is 1. The summed E-state index contributed by atoms with van der Waals surface area (Å²) in [5.74, 6) is 0. The maximum absolute atomic E-state index is 10.9. The van der Waals surface area contributed by atoms with Crippen LogP contribution in [0.25, 0.3) is 0 Å². The Morgan fingerprint density at radius 3 is 1.56 bits per heavy atom. The van der Waals surface area contributed by atoms with Crippen molar-refractivity contribution in [2.45, 2.75) is 39.1 Å². The molecule has 2 unspecified atom stereocenters. The molecular weight excluding hydrogens is 224 g/mol. The minimum Gasteiger partial charge on any atom is -0.366 e. The maximum Gasteiger partial charge on any atom is 0.518 e. The van der Waals surface area contributed by atoms with Crippen LogP contribution in [0.15, 0.2) is 0 Å². The average molecular weight is 236 g/mol. The SMILES string of the molecule is CCC(OC(=O)OC(CC)[N+](=O)[O-])[N+](=O)[O-]. The summed E-state index contributed by atoms with van der Waals surface area (Å²) in [7, 11) is 0. The topological polar surface area (TPSA) is 122 Å². The zero-order valence-corrected chi connectivity index (χ0v) is 8.82. The zero-order valence-electron chi connectivity index (χ0n) is 8.82. The van der Waals surface area contributed by atoms with Gasteiger partial charge in [-0.2, -0.15) is 0 Å². The van der Waals surface area contributed by atoms with E-state index in [0.29, 0.717) is 0 Å². The lowest BCUT2D eigenvalue weighted by molar-refractivity contribution is -0.580. The van der Waals surface area contributed by atoms with E-state index >= 15 is 0 Å². The van der Waals surface area contributed by atoms with Crippen molar-refractivity contribution in [3.63, 3.8) is 0 Å². The molecule has 0 aromatic heterocycles. The number of hydrogen-bond donors (Lipinski definition) is 0. The lowest BCUT2D eigenvalue weighted by Gasteiger charge is -2.10. The van der Waals surface area contributed by atoms with Crippen LogP contribution in [0.5, 0.6) is 0 Å². The molecule has 0 fully saturated rings. The van der Waals surface area contributed by atoms with Gasteiger partial charge in [0.25, 0.3) is 0 Å². The van der Waals surface area contributed by atoms with Gasteiger partial charge in [0.15, 0.2) is 0 Å². The first-order valence-electron chi connectivity index (χ1n) is 4.56. The molecule has 0 N–H and O–H groups in total. The molecule has 9 nitrogen and oxygen atoms in total. The van der Waals surface area contributed by atoms with E-state index in [9.17, 15) is 25.0 Å². The van der Waals surface area contributed by atoms with Crippen molar-refractivity contribution < 1.29 is 24.1 Å². The third-order valence-electron chi connectivity index (χ3n) is 1.63. The van der Waals surface area contributed by atoms with Crippen LogP contribution in [0, 0.1) is 20.2 Å². The smallest absolute Gasteiger partial charge is 0.366 e. The highest BCUT2D eigenvalue weighted by molar-refractivity contribution is 5.60. The molecule has 0 aliphatic heterocycles. The highest BCUT2D eigenvalue weighted by Gasteiger charge is 2.28. The van der Waals surface area contributed by atoms with E-state index < -0.39 is 28.5 Å². The van der Waals surface area contributed by atoms with Crippen molar-refractivity contribution in [3.05, 3.63) is 20.2 Å². The molecule has 0 bridgehead atoms. The van der Waals surface area contributed by atoms with Gasteiger partial charge in [-0.1, -0.05) is 13.8 Å². The summed E-state index contributed by atoms with van der Waals surface area (Å²) >= 11 is 0. The van der Waals surface area contributed by atoms with E-state index in [2.05, 4.69) is 9.47 Å². The molecule has 0 aliphatic rings. The van der Waals surface area contributed by atoms with Gasteiger partial charge in [0.2, 0.25) is 0 Å². The predicted molar refractivity (Wildman–Crippen MR) is 49.7 cm³/mol. The molecule has 0 radical (unpaired) electrons. The molecule has 0 saturated heterocycles. The minimum atomic E-state index is -1.54. The number of rotatable bonds is 6. The third kappa shape index (κ3) is 4.53. The van der Waals surface area contributed by atoms with Gasteiger partial charge in [0.1, 0.15) is 0 Å². The Bertz CT molecular complexity index is 254. The lowest BCUT2D eigenvalue weighted by Crippen LogP contribution is -2.31. The van der Waals surface area contributed by atoms with Gasteiger partial charge in [-0.15, -0.1) is 0 Å². The van der Waals surface area contributed by atoms with E-state index in [-0.39, 0.29) is 12.8 Å². The standard InChI is InChI=1S/C7H12N2O7/c1-3-5(8(11)12)15-7(10)16-6(4-2)9(13)14/h5-6H,3-4H2,1-2H3. The number of ether oxygens (including phenoxy) is 2. The molecule has 92 valence electrons. The van der Waals surface area contributed by atoms with Crippen molar-refractivity contribution in [1.29, 1.82) is 0 Å². The molecule has 9 heteroatoms. The maximum atomic E-state index is 10.9. The zero-order chi connectivity index (χ0) is 12.7. The molecule has 0 aromatic rings. The number of carbonyl (C=O) groups excluding carboxylic acids is 1. The molecule has 0 rings (SSSR count). The van der Waals surface area contributed by atoms with E-state index in [4.69, 9.17) is 0 Å². The second-order valence-corrected chi connectivity index (χ2v) is 2.78. The molecule has 16 heavy (non-hydrogen) atoms. The Kier molecular flexibility index (Phi) is 5.75. The molecule has 0 aliphatic carbocycles. The highest BCUT2D eigenvalue weighted by atomic mass is 16.8. The molecule has 0 spiro atoms. The predicted octanol–water partition coefficient (Wildman–Crippen LogP) is 1.17. The molecule has 0 aromatic carbocycles. The second-order valence-electron chi connectivity index (χ2n) is 2.78. The van der Waals surface area contributed by atoms with Crippen LogP contribution in [-0.2, 0) is 9.47 Å². The summed E-state index contributed by atoms with van der Waals surface area (Å²) in [5, 5.41) is 20.6. The number of nitrogens with zero attached hydrogens (tertiary/aromatic N) is 2. The Morgan fingerprint density at radius 1 is 1.06 bits per heavy atom. The minimum absolute atomic E-state index is 0.0443. The molecule has 0 saturated carbocycles. The molecule has 2 atom stereocenters. The quantitative estimate of drug-likeness (QED) is 0.293. The molecule has 0 amide bonds. The van der Waals surface area contributed by atoms with E-state index in [1.165, 1.54) is 13.8 Å². The number of hydrogen-bond acceptors (Lipinski definition) is 7. The lowest BCUT2D eigenvalue weighted by atomic mass is 10.4. The third-order valence-corrected chi connectivity index (χ3v) is 1.63. The van der Waals surface area contributed by atoms with Crippen molar-refractivity contribution in [2.75, 3.05) is 0 Å². The van der Waals surface area contributed by atoms with Crippen LogP contribution in [0.4, 0.5) is 4.79 Å². The van der Waals surface area contributed by atoms with Crippen molar-refractivity contribution in [1.82, 2.24) is 0 Å². The van der Waals surface area contributed by atoms with Gasteiger partial charge in [-0.05, 0) is 0 Å². The Morgan fingerprint density at radius 2 is 1.38 bits per heavy atom. The summed E-state index contributed by atoms with van der Waals surface area (Å²) in [6.45, 7) is 2.87. The summed E-state index contributed by atoms with van der Waals surface area (Å²) < 4.78 is 8.56. The van der Waals surface area contributed by atoms with Crippen LogP contribution in [0.2, 0.25) is 0 Å². The van der Waals surface area contributed by atoms with Crippen molar-refractivity contribution in [3.8, 4) is 0 Å². The Hall–Kier alpha value is -1.93. The van der Waals surface area contributed by atoms with Crippen molar-refractivity contribution >= 4 is 6.16 Å². The first kappa shape index (κ1) is 14.1.